The van der Waals surface area contributed by atoms with Crippen LogP contribution < -0.4 is 10.2 Å². The number of allylic oxidation sites excluding steroid dienone is 2. The highest BCUT2D eigenvalue weighted by atomic mass is 16.2. The molecule has 0 bridgehead atoms. The van der Waals surface area contributed by atoms with Gasteiger partial charge < -0.3 is 5.32 Å². The molecule has 5 heteroatoms. The van der Waals surface area contributed by atoms with Crippen molar-refractivity contribution in [3.05, 3.63) is 114 Å². The van der Waals surface area contributed by atoms with Crippen LogP contribution in [0, 0.1) is 0 Å². The molecule has 4 rings (SSSR count). The molecule has 158 valence electrons. The van der Waals surface area contributed by atoms with E-state index in [0.29, 0.717) is 29.3 Å². The van der Waals surface area contributed by atoms with Crippen LogP contribution in [-0.2, 0) is 9.59 Å². The van der Waals surface area contributed by atoms with Gasteiger partial charge in [0, 0.05) is 17.7 Å². The van der Waals surface area contributed by atoms with Gasteiger partial charge in [0.1, 0.15) is 11.5 Å². The van der Waals surface area contributed by atoms with Crippen LogP contribution in [0.4, 0.5) is 11.4 Å². The molecule has 0 aromatic heterocycles. The van der Waals surface area contributed by atoms with Crippen LogP contribution in [0.2, 0.25) is 0 Å². The molecule has 3 aromatic carbocycles. The molecule has 2 amide bonds. The zero-order valence-corrected chi connectivity index (χ0v) is 17.7. The number of amides is 2. The molecule has 1 N–H and O–H groups in total. The van der Waals surface area contributed by atoms with Gasteiger partial charge in [-0.25, -0.2) is 4.99 Å². The van der Waals surface area contributed by atoms with Gasteiger partial charge in [-0.3, -0.25) is 14.5 Å². The average Bonchev–Trinajstić information content (AvgIpc) is 3.17. The summed E-state index contributed by atoms with van der Waals surface area (Å²) in [6, 6.07) is 26.7. The van der Waals surface area contributed by atoms with E-state index in [9.17, 15) is 9.59 Å². The Morgan fingerprint density at radius 1 is 0.938 bits per heavy atom. The second kappa shape index (κ2) is 9.71. The number of rotatable bonds is 6. The molecule has 0 spiro atoms. The highest BCUT2D eigenvalue weighted by molar-refractivity contribution is 6.32. The number of nitrogens with zero attached hydrogens (tertiary/aromatic N) is 2. The summed E-state index contributed by atoms with van der Waals surface area (Å²) in [5.41, 5.74) is 3.62. The molecule has 0 radical (unpaired) electrons. The van der Waals surface area contributed by atoms with Crippen molar-refractivity contribution in [1.82, 2.24) is 0 Å². The van der Waals surface area contributed by atoms with Crippen molar-refractivity contribution in [2.45, 2.75) is 13.3 Å². The summed E-state index contributed by atoms with van der Waals surface area (Å²) in [6.07, 6.45) is 5.91. The van der Waals surface area contributed by atoms with Crippen molar-refractivity contribution in [3.8, 4) is 0 Å². The van der Waals surface area contributed by atoms with Crippen molar-refractivity contribution < 1.29 is 9.59 Å². The van der Waals surface area contributed by atoms with Crippen molar-refractivity contribution in [1.29, 1.82) is 0 Å². The number of nitrogens with one attached hydrogen (secondary N) is 1. The summed E-state index contributed by atoms with van der Waals surface area (Å²) in [7, 11) is 0. The number of anilines is 2. The third kappa shape index (κ3) is 4.73. The molecule has 1 aliphatic heterocycles. The Morgan fingerprint density at radius 3 is 2.25 bits per heavy atom. The first-order valence-corrected chi connectivity index (χ1v) is 10.5. The number of benzene rings is 3. The fourth-order valence-corrected chi connectivity index (χ4v) is 3.31. The quantitative estimate of drug-likeness (QED) is 0.540. The van der Waals surface area contributed by atoms with Gasteiger partial charge in [-0.15, -0.1) is 0 Å². The molecule has 0 saturated heterocycles. The average molecular weight is 422 g/mol. The molecule has 0 atom stereocenters. The highest BCUT2D eigenvalue weighted by Crippen LogP contribution is 2.28. The van der Waals surface area contributed by atoms with Crippen LogP contribution in [0.3, 0.4) is 0 Å². The number of carbonyl (C=O) groups is 2. The van der Waals surface area contributed by atoms with Gasteiger partial charge in [-0.1, -0.05) is 79.7 Å². The van der Waals surface area contributed by atoms with Gasteiger partial charge in [0.2, 0.25) is 5.91 Å². The second-order valence-electron chi connectivity index (χ2n) is 7.21. The van der Waals surface area contributed by atoms with Crippen LogP contribution >= 0.6 is 0 Å². The zero-order valence-electron chi connectivity index (χ0n) is 17.7. The van der Waals surface area contributed by atoms with Crippen LogP contribution in [0.5, 0.6) is 0 Å². The van der Waals surface area contributed by atoms with Gasteiger partial charge in [-0.05, 0) is 35.9 Å². The lowest BCUT2D eigenvalue weighted by Gasteiger charge is -2.19. The van der Waals surface area contributed by atoms with Crippen LogP contribution in [-0.4, -0.2) is 17.6 Å². The lowest BCUT2D eigenvalue weighted by molar-refractivity contribution is -0.116. The Kier molecular flexibility index (Phi) is 6.37. The van der Waals surface area contributed by atoms with E-state index in [1.165, 1.54) is 0 Å². The first kappa shape index (κ1) is 21.0. The van der Waals surface area contributed by atoms with Crippen LogP contribution in [0.1, 0.15) is 24.5 Å². The maximum Gasteiger partial charge on any atom is 0.282 e. The second-order valence-corrected chi connectivity index (χ2v) is 7.21. The molecule has 5 nitrogen and oxygen atoms in total. The molecular weight excluding hydrogens is 398 g/mol. The van der Waals surface area contributed by atoms with Gasteiger partial charge in [0.15, 0.2) is 0 Å². The fraction of sp³-hybridized carbons (Fsp3) is 0.0741. The molecule has 0 fully saturated rings. The zero-order chi connectivity index (χ0) is 22.3. The minimum absolute atomic E-state index is 0.0584. The van der Waals surface area contributed by atoms with Crippen molar-refractivity contribution in [2.75, 3.05) is 10.2 Å². The van der Waals surface area contributed by atoms with E-state index in [4.69, 9.17) is 0 Å². The summed E-state index contributed by atoms with van der Waals surface area (Å²) < 4.78 is 0. The van der Waals surface area contributed by atoms with Crippen molar-refractivity contribution >= 4 is 35.1 Å². The Labute approximate surface area is 187 Å². The Morgan fingerprint density at radius 2 is 1.59 bits per heavy atom. The Hall–Kier alpha value is -4.25. The molecule has 0 saturated carbocycles. The van der Waals surface area contributed by atoms with E-state index in [-0.39, 0.29) is 11.8 Å². The van der Waals surface area contributed by atoms with Crippen LogP contribution in [0.25, 0.3) is 6.08 Å². The summed E-state index contributed by atoms with van der Waals surface area (Å²) in [5.74, 6) is 0.309. The first-order valence-electron chi connectivity index (χ1n) is 10.5. The number of carbonyl (C=O) groups excluding carboxylic acids is 2. The van der Waals surface area contributed by atoms with E-state index in [2.05, 4.69) is 10.3 Å². The van der Waals surface area contributed by atoms with Crippen LogP contribution in [0.15, 0.2) is 108 Å². The predicted octanol–water partition coefficient (Wildman–Crippen LogP) is 5.43. The first-order chi connectivity index (χ1) is 15.7. The monoisotopic (exact) mass is 421 g/mol. The largest absolute Gasteiger partial charge is 0.326 e. The lowest BCUT2D eigenvalue weighted by atomic mass is 10.1. The SMILES string of the molecule is CCC(=O)Nc1ccc(N2C(=O)/C(=C/C=C/c3ccccc3)N=C2c2ccccc2)cc1. The van der Waals surface area contributed by atoms with E-state index >= 15 is 0 Å². The number of hydrogen-bond acceptors (Lipinski definition) is 3. The van der Waals surface area contributed by atoms with E-state index in [1.54, 1.807) is 30.0 Å². The Balaban J connectivity index is 1.65. The maximum absolute atomic E-state index is 13.3. The molecule has 1 aliphatic rings. The topological polar surface area (TPSA) is 61.8 Å². The van der Waals surface area contributed by atoms with E-state index in [0.717, 1.165) is 11.1 Å². The van der Waals surface area contributed by atoms with E-state index in [1.807, 2.05) is 84.9 Å². The summed E-state index contributed by atoms with van der Waals surface area (Å²) in [6.45, 7) is 1.80. The summed E-state index contributed by atoms with van der Waals surface area (Å²) in [4.78, 5) is 31.2. The fourth-order valence-electron chi connectivity index (χ4n) is 3.31. The van der Waals surface area contributed by atoms with E-state index < -0.39 is 0 Å². The molecule has 0 unspecified atom stereocenters. The summed E-state index contributed by atoms with van der Waals surface area (Å²) in [5, 5.41) is 2.82. The van der Waals surface area contributed by atoms with Gasteiger partial charge in [0.05, 0.1) is 5.69 Å². The molecular formula is C27H23N3O2. The van der Waals surface area contributed by atoms with Gasteiger partial charge in [-0.2, -0.15) is 0 Å². The Bertz CT molecular complexity index is 1190. The lowest BCUT2D eigenvalue weighted by Crippen LogP contribution is -2.32. The third-order valence-corrected chi connectivity index (χ3v) is 4.97. The molecule has 1 heterocycles. The van der Waals surface area contributed by atoms with Gasteiger partial charge in [0.25, 0.3) is 5.91 Å². The highest BCUT2D eigenvalue weighted by Gasteiger charge is 2.32. The summed E-state index contributed by atoms with van der Waals surface area (Å²) >= 11 is 0. The molecule has 0 aliphatic carbocycles. The smallest absolute Gasteiger partial charge is 0.282 e. The normalized spacial score (nSPS) is 14.8. The maximum atomic E-state index is 13.3. The van der Waals surface area contributed by atoms with Crippen molar-refractivity contribution in [2.24, 2.45) is 4.99 Å². The predicted molar refractivity (Wildman–Crippen MR) is 129 cm³/mol. The molecule has 3 aromatic rings. The number of hydrogen-bond donors (Lipinski definition) is 1. The standard InChI is InChI=1S/C27H23N3O2/c1-2-25(31)28-22-16-18-23(19-17-22)30-26(21-13-7-4-8-14-21)29-24(27(30)32)15-9-12-20-10-5-3-6-11-20/h3-19H,2H2,1H3,(H,28,31)/b12-9+,24-15-. The minimum atomic E-state index is -0.202. The van der Waals surface area contributed by atoms with Gasteiger partial charge >= 0.3 is 0 Å². The minimum Gasteiger partial charge on any atom is -0.326 e. The number of aliphatic imine (C=N–C) groups is 1. The number of amidine groups is 1. The van der Waals surface area contributed by atoms with Crippen molar-refractivity contribution in [3.63, 3.8) is 0 Å². The third-order valence-electron chi connectivity index (χ3n) is 4.97. The molecule has 32 heavy (non-hydrogen) atoms.